The number of hydrogen-bond acceptors (Lipinski definition) is 8. The van der Waals surface area contributed by atoms with Crippen LogP contribution in [-0.4, -0.2) is 60.7 Å². The molecule has 0 aromatic carbocycles. The summed E-state index contributed by atoms with van der Waals surface area (Å²) in [6, 6.07) is 0. The second kappa shape index (κ2) is 6.87. The van der Waals surface area contributed by atoms with E-state index in [0.717, 1.165) is 22.9 Å². The van der Waals surface area contributed by atoms with Crippen LogP contribution >= 0.6 is 7.60 Å². The molecule has 2 rings (SSSR count). The zero-order chi connectivity index (χ0) is 17.2. The van der Waals surface area contributed by atoms with Crippen LogP contribution in [-0.2, 0) is 13.8 Å². The Balaban J connectivity index is 2.13. The van der Waals surface area contributed by atoms with E-state index >= 15 is 0 Å². The van der Waals surface area contributed by atoms with Crippen LogP contribution in [0.5, 0.6) is 0 Å². The molecule has 128 valence electrons. The molecule has 11 nitrogen and oxygen atoms in total. The van der Waals surface area contributed by atoms with Crippen molar-refractivity contribution in [3.8, 4) is 0 Å². The van der Waals surface area contributed by atoms with Crippen LogP contribution in [0.25, 0.3) is 0 Å². The number of aliphatic hydroxyl groups excluding tert-OH is 2. The highest BCUT2D eigenvalue weighted by atomic mass is 31.2. The normalized spacial score (nSPS) is 30.6. The fraction of sp³-hybridized carbons (Fsp3) is 0.545. The zero-order valence-electron chi connectivity index (χ0n) is 12.1. The summed E-state index contributed by atoms with van der Waals surface area (Å²) in [5, 5.41) is 23.7. The summed E-state index contributed by atoms with van der Waals surface area (Å²) in [5.41, 5.74) is 5.03. The molecule has 0 aliphatic carbocycles. The van der Waals surface area contributed by atoms with E-state index in [1.807, 2.05) is 0 Å². The van der Waals surface area contributed by atoms with Crippen LogP contribution in [0.2, 0.25) is 0 Å². The summed E-state index contributed by atoms with van der Waals surface area (Å²) in [4.78, 5) is 24.0. The molecule has 1 saturated heterocycles. The minimum Gasteiger partial charge on any atom is -0.387 e. The van der Waals surface area contributed by atoms with Crippen molar-refractivity contribution in [2.45, 2.75) is 31.5 Å². The molecule has 1 aliphatic rings. The molecule has 23 heavy (non-hydrogen) atoms. The predicted octanol–water partition coefficient (Wildman–Crippen LogP) is -1.27. The van der Waals surface area contributed by atoms with Gasteiger partial charge in [-0.05, 0) is 13.0 Å². The molecule has 0 bridgehead atoms. The maximum atomic E-state index is 11.6. The second-order valence-electron chi connectivity index (χ2n) is 4.71. The maximum absolute atomic E-state index is 11.6. The van der Waals surface area contributed by atoms with Gasteiger partial charge in [0.25, 0.3) is 5.91 Å². The van der Waals surface area contributed by atoms with E-state index < -0.39 is 38.0 Å². The van der Waals surface area contributed by atoms with Crippen LogP contribution in [0.4, 0.5) is 0 Å². The number of amides is 1. The van der Waals surface area contributed by atoms with E-state index in [0.29, 0.717) is 0 Å². The van der Waals surface area contributed by atoms with Crippen LogP contribution in [0.1, 0.15) is 23.8 Å². The van der Waals surface area contributed by atoms with Crippen molar-refractivity contribution >= 4 is 13.5 Å². The van der Waals surface area contributed by atoms with Crippen LogP contribution in [0.3, 0.4) is 0 Å². The van der Waals surface area contributed by atoms with Gasteiger partial charge in [-0.1, -0.05) is 0 Å². The quantitative estimate of drug-likeness (QED) is 0.458. The molecule has 1 amide bonds. The van der Waals surface area contributed by atoms with Crippen LogP contribution in [0.15, 0.2) is 18.2 Å². The highest BCUT2D eigenvalue weighted by molar-refractivity contribution is 7.56. The third-order valence-electron chi connectivity index (χ3n) is 3.04. The van der Waals surface area contributed by atoms with Crippen molar-refractivity contribution < 1.29 is 33.7 Å². The lowest BCUT2D eigenvalue weighted by atomic mass is 10.1. The number of carbonyl (C=O) groups is 1. The van der Waals surface area contributed by atoms with Gasteiger partial charge in [0.15, 0.2) is 6.23 Å². The van der Waals surface area contributed by atoms with Crippen molar-refractivity contribution in [1.82, 2.24) is 14.8 Å². The van der Waals surface area contributed by atoms with Gasteiger partial charge in [-0.15, -0.1) is 5.10 Å². The average Bonchev–Trinajstić information content (AvgIpc) is 3.04. The summed E-state index contributed by atoms with van der Waals surface area (Å²) < 4.78 is 22.6. The Hall–Kier alpha value is -1.62. The lowest BCUT2D eigenvalue weighted by Gasteiger charge is -2.13. The standard InChI is InChI=1S/C11H17N4O7P/c1-2-21-23(19,20)4-3-6-7(16)8(17)11(22-6)15-5-13-10(14-15)9(12)18/h3-8,11,16-17H,2H2,1H3,(H2,12,18)(H,19,20)/b4-3+/t6-,7-,8-,11-/m1/s1. The van der Waals surface area contributed by atoms with Gasteiger partial charge in [0.05, 0.1) is 6.61 Å². The summed E-state index contributed by atoms with van der Waals surface area (Å²) in [6.07, 6.45) is -2.74. The Labute approximate surface area is 130 Å². The van der Waals surface area contributed by atoms with Crippen molar-refractivity contribution in [2.24, 2.45) is 5.73 Å². The smallest absolute Gasteiger partial charge is 0.351 e. The summed E-state index contributed by atoms with van der Waals surface area (Å²) >= 11 is 0. The van der Waals surface area contributed by atoms with Crippen LogP contribution in [0, 0.1) is 0 Å². The van der Waals surface area contributed by atoms with Gasteiger partial charge in [-0.2, -0.15) is 0 Å². The number of nitrogens with zero attached hydrogens (tertiary/aromatic N) is 3. The lowest BCUT2D eigenvalue weighted by Crippen LogP contribution is -2.31. The molecule has 0 radical (unpaired) electrons. The van der Waals surface area contributed by atoms with Crippen molar-refractivity contribution in [1.29, 1.82) is 0 Å². The number of hydrogen-bond donors (Lipinski definition) is 4. The predicted molar refractivity (Wildman–Crippen MR) is 75.1 cm³/mol. The molecule has 1 aliphatic heterocycles. The van der Waals surface area contributed by atoms with E-state index in [1.165, 1.54) is 0 Å². The third kappa shape index (κ3) is 4.02. The Morgan fingerprint density at radius 1 is 1.57 bits per heavy atom. The molecule has 1 aromatic heterocycles. The molecule has 0 spiro atoms. The lowest BCUT2D eigenvalue weighted by molar-refractivity contribution is -0.0346. The van der Waals surface area contributed by atoms with E-state index in [9.17, 15) is 24.5 Å². The number of aliphatic hydroxyl groups is 2. The summed E-state index contributed by atoms with van der Waals surface area (Å²) in [7, 11) is -3.94. The highest BCUT2D eigenvalue weighted by Gasteiger charge is 2.43. The fourth-order valence-corrected chi connectivity index (χ4v) is 2.84. The molecule has 0 saturated carbocycles. The fourth-order valence-electron chi connectivity index (χ4n) is 2.00. The number of rotatable bonds is 6. The SMILES string of the molecule is CCOP(=O)(O)/C=C/[C@H]1O[C@@H](n2cnc(C(N)=O)n2)[C@H](O)[C@@H]1O. The van der Waals surface area contributed by atoms with E-state index in [2.05, 4.69) is 14.6 Å². The van der Waals surface area contributed by atoms with E-state index in [1.54, 1.807) is 6.92 Å². The van der Waals surface area contributed by atoms with Crippen molar-refractivity contribution in [2.75, 3.05) is 6.61 Å². The average molecular weight is 348 g/mol. The van der Waals surface area contributed by atoms with Crippen molar-refractivity contribution in [3.05, 3.63) is 24.0 Å². The number of primary amides is 1. The Morgan fingerprint density at radius 2 is 2.26 bits per heavy atom. The Kier molecular flexibility index (Phi) is 5.30. The number of nitrogens with two attached hydrogens (primary N) is 1. The third-order valence-corrected chi connectivity index (χ3v) is 4.22. The van der Waals surface area contributed by atoms with Crippen molar-refractivity contribution in [3.63, 3.8) is 0 Å². The summed E-state index contributed by atoms with van der Waals surface area (Å²) in [6.45, 7) is 1.59. The number of carbonyl (C=O) groups excluding carboxylic acids is 1. The van der Waals surface area contributed by atoms with Gasteiger partial charge < -0.3 is 30.1 Å². The van der Waals surface area contributed by atoms with E-state index in [4.69, 9.17) is 10.5 Å². The van der Waals surface area contributed by atoms with Gasteiger partial charge >= 0.3 is 7.60 Å². The highest BCUT2D eigenvalue weighted by Crippen LogP contribution is 2.44. The molecule has 1 fully saturated rings. The molecule has 5 N–H and O–H groups in total. The minimum atomic E-state index is -3.94. The zero-order valence-corrected chi connectivity index (χ0v) is 13.0. The largest absolute Gasteiger partial charge is 0.387 e. The van der Waals surface area contributed by atoms with Gasteiger partial charge in [-0.25, -0.2) is 9.67 Å². The first-order valence-corrected chi connectivity index (χ1v) is 8.28. The number of ether oxygens (including phenoxy) is 1. The first-order chi connectivity index (χ1) is 10.7. The monoisotopic (exact) mass is 348 g/mol. The first kappa shape index (κ1) is 17.7. The molecule has 5 atom stereocenters. The van der Waals surface area contributed by atoms with Gasteiger partial charge in [-0.3, -0.25) is 9.36 Å². The molecular formula is C11H17N4O7P. The van der Waals surface area contributed by atoms with Gasteiger partial charge in [0.2, 0.25) is 5.82 Å². The first-order valence-electron chi connectivity index (χ1n) is 6.64. The molecule has 1 aromatic rings. The van der Waals surface area contributed by atoms with Gasteiger partial charge in [0.1, 0.15) is 24.6 Å². The Morgan fingerprint density at radius 3 is 2.83 bits per heavy atom. The molecule has 1 unspecified atom stereocenters. The Bertz CT molecular complexity index is 648. The maximum Gasteiger partial charge on any atom is 0.351 e. The number of aromatic nitrogens is 3. The molecular weight excluding hydrogens is 331 g/mol. The second-order valence-corrected chi connectivity index (χ2v) is 6.39. The molecule has 2 heterocycles. The van der Waals surface area contributed by atoms with Crippen LogP contribution < -0.4 is 5.73 Å². The molecule has 12 heteroatoms. The topological polar surface area (TPSA) is 170 Å². The van der Waals surface area contributed by atoms with E-state index in [-0.39, 0.29) is 12.4 Å². The summed E-state index contributed by atoms with van der Waals surface area (Å²) in [5.74, 6) is -0.257. The minimum absolute atomic E-state index is 0.0340. The van der Waals surface area contributed by atoms with Gasteiger partial charge in [0, 0.05) is 5.82 Å².